The van der Waals surface area contributed by atoms with Crippen molar-refractivity contribution in [1.82, 2.24) is 20.0 Å². The van der Waals surface area contributed by atoms with Gasteiger partial charge in [-0.1, -0.05) is 25.3 Å². The number of carbonyl (C=O) groups excluding carboxylic acids is 2. The van der Waals surface area contributed by atoms with Crippen molar-refractivity contribution in [3.63, 3.8) is 0 Å². The summed E-state index contributed by atoms with van der Waals surface area (Å²) in [4.78, 5) is 31.6. The minimum Gasteiger partial charge on any atom is -0.352 e. The molecule has 27 heavy (non-hydrogen) atoms. The molecule has 1 aliphatic carbocycles. The van der Waals surface area contributed by atoms with Crippen molar-refractivity contribution in [2.24, 2.45) is 0 Å². The average Bonchev–Trinajstić information content (AvgIpc) is 2.81. The van der Waals surface area contributed by atoms with Crippen LogP contribution in [-0.4, -0.2) is 84.4 Å². The standard InChI is InChI=1S/C21H36N4O2/c1-3-12-25-13-11-21(10-9-20(25)27)17-24(15-14-23(21)2)16-19(26)22-18-7-5-4-6-8-18/h3,18H,1,4-17H2,2H3,(H,22,26). The highest BCUT2D eigenvalue weighted by molar-refractivity contribution is 5.78. The fourth-order valence-electron chi connectivity index (χ4n) is 4.98. The van der Waals surface area contributed by atoms with Crippen LogP contribution in [0.5, 0.6) is 0 Å². The Balaban J connectivity index is 1.57. The Kier molecular flexibility index (Phi) is 6.93. The van der Waals surface area contributed by atoms with Gasteiger partial charge in [-0.15, -0.1) is 6.58 Å². The summed E-state index contributed by atoms with van der Waals surface area (Å²) in [6.45, 7) is 8.40. The van der Waals surface area contributed by atoms with Crippen LogP contribution in [0, 0.1) is 0 Å². The van der Waals surface area contributed by atoms with Gasteiger partial charge >= 0.3 is 0 Å². The van der Waals surface area contributed by atoms with Gasteiger partial charge in [0.05, 0.1) is 6.54 Å². The smallest absolute Gasteiger partial charge is 0.234 e. The summed E-state index contributed by atoms with van der Waals surface area (Å²) >= 11 is 0. The summed E-state index contributed by atoms with van der Waals surface area (Å²) in [7, 11) is 2.17. The SMILES string of the molecule is C=CCN1CCC2(CCC1=O)CN(CC(=O)NC1CCCCC1)CCN2C. The van der Waals surface area contributed by atoms with Gasteiger partial charge in [-0.2, -0.15) is 0 Å². The lowest BCUT2D eigenvalue weighted by Gasteiger charge is -2.49. The third kappa shape index (κ3) is 5.11. The molecule has 3 fully saturated rings. The molecule has 0 aromatic carbocycles. The molecule has 0 radical (unpaired) electrons. The molecule has 2 aliphatic heterocycles. The number of nitrogens with zero attached hydrogens (tertiary/aromatic N) is 3. The van der Waals surface area contributed by atoms with Crippen molar-refractivity contribution in [2.45, 2.75) is 62.9 Å². The van der Waals surface area contributed by atoms with Gasteiger partial charge in [0.15, 0.2) is 0 Å². The highest BCUT2D eigenvalue weighted by atomic mass is 16.2. The Bertz CT molecular complexity index is 546. The van der Waals surface area contributed by atoms with Gasteiger partial charge in [-0.05, 0) is 32.7 Å². The van der Waals surface area contributed by atoms with Gasteiger partial charge in [0.2, 0.25) is 11.8 Å². The molecule has 2 saturated heterocycles. The van der Waals surface area contributed by atoms with E-state index in [1.807, 2.05) is 11.0 Å². The predicted molar refractivity (Wildman–Crippen MR) is 107 cm³/mol. The molecule has 3 rings (SSSR count). The maximum atomic E-state index is 12.5. The molecule has 1 unspecified atom stereocenters. The molecule has 2 amide bonds. The minimum atomic E-state index is -0.00501. The number of hydrogen-bond acceptors (Lipinski definition) is 4. The van der Waals surface area contributed by atoms with E-state index in [4.69, 9.17) is 0 Å². The van der Waals surface area contributed by atoms with Crippen LogP contribution >= 0.6 is 0 Å². The van der Waals surface area contributed by atoms with E-state index in [2.05, 4.69) is 28.7 Å². The molecule has 6 heteroatoms. The molecular formula is C21H36N4O2. The lowest BCUT2D eigenvalue weighted by molar-refractivity contribution is -0.130. The van der Waals surface area contributed by atoms with E-state index < -0.39 is 0 Å². The van der Waals surface area contributed by atoms with Crippen LogP contribution in [-0.2, 0) is 9.59 Å². The monoisotopic (exact) mass is 376 g/mol. The molecule has 1 N–H and O–H groups in total. The topological polar surface area (TPSA) is 55.9 Å². The molecule has 1 spiro atoms. The van der Waals surface area contributed by atoms with Crippen LogP contribution in [0.25, 0.3) is 0 Å². The first-order chi connectivity index (χ1) is 13.0. The molecule has 6 nitrogen and oxygen atoms in total. The molecule has 1 saturated carbocycles. The van der Waals surface area contributed by atoms with Crippen molar-refractivity contribution < 1.29 is 9.59 Å². The fraction of sp³-hybridized carbons (Fsp3) is 0.810. The lowest BCUT2D eigenvalue weighted by atomic mass is 9.86. The molecule has 0 bridgehead atoms. The third-order valence-corrected chi connectivity index (χ3v) is 6.77. The number of hydrogen-bond donors (Lipinski definition) is 1. The Morgan fingerprint density at radius 3 is 2.74 bits per heavy atom. The van der Waals surface area contributed by atoms with E-state index >= 15 is 0 Å². The van der Waals surface area contributed by atoms with Crippen molar-refractivity contribution in [2.75, 3.05) is 46.3 Å². The molecule has 0 aromatic rings. The zero-order valence-electron chi connectivity index (χ0n) is 16.9. The molecule has 152 valence electrons. The first-order valence-corrected chi connectivity index (χ1v) is 10.6. The van der Waals surface area contributed by atoms with Crippen LogP contribution in [0.2, 0.25) is 0 Å². The zero-order valence-corrected chi connectivity index (χ0v) is 16.9. The van der Waals surface area contributed by atoms with Gasteiger partial charge < -0.3 is 10.2 Å². The number of piperazine rings is 1. The summed E-state index contributed by atoms with van der Waals surface area (Å²) in [5.41, 5.74) is -0.00501. The van der Waals surface area contributed by atoms with Crippen LogP contribution in [0.3, 0.4) is 0 Å². The second kappa shape index (κ2) is 9.20. The van der Waals surface area contributed by atoms with Crippen molar-refractivity contribution in [1.29, 1.82) is 0 Å². The van der Waals surface area contributed by atoms with Crippen LogP contribution in [0.1, 0.15) is 51.4 Å². The second-order valence-corrected chi connectivity index (χ2v) is 8.64. The molecule has 3 aliphatic rings. The number of rotatable bonds is 5. The number of nitrogens with one attached hydrogen (secondary N) is 1. The number of amides is 2. The maximum absolute atomic E-state index is 12.5. The number of likely N-dealkylation sites (N-methyl/N-ethyl adjacent to an activating group) is 1. The van der Waals surface area contributed by atoms with Crippen LogP contribution < -0.4 is 5.32 Å². The van der Waals surface area contributed by atoms with Gasteiger partial charge in [0, 0.05) is 50.7 Å². The van der Waals surface area contributed by atoms with Gasteiger partial charge in [0.1, 0.15) is 0 Å². The summed E-state index contributed by atoms with van der Waals surface area (Å²) in [6.07, 6.45) is 10.2. The predicted octanol–water partition coefficient (Wildman–Crippen LogP) is 1.62. The summed E-state index contributed by atoms with van der Waals surface area (Å²) in [5, 5.41) is 3.24. The van der Waals surface area contributed by atoms with E-state index in [9.17, 15) is 9.59 Å². The summed E-state index contributed by atoms with van der Waals surface area (Å²) < 4.78 is 0. The normalized spacial score (nSPS) is 28.9. The van der Waals surface area contributed by atoms with E-state index in [1.165, 1.54) is 19.3 Å². The van der Waals surface area contributed by atoms with E-state index in [0.29, 0.717) is 25.6 Å². The maximum Gasteiger partial charge on any atom is 0.234 e. The Labute approximate surface area is 163 Å². The van der Waals surface area contributed by atoms with Gasteiger partial charge in [0.25, 0.3) is 0 Å². The largest absolute Gasteiger partial charge is 0.352 e. The number of carbonyl (C=O) groups is 2. The molecule has 1 atom stereocenters. The summed E-state index contributed by atoms with van der Waals surface area (Å²) in [5.74, 6) is 0.395. The van der Waals surface area contributed by atoms with Gasteiger partial charge in [-0.3, -0.25) is 19.4 Å². The highest BCUT2D eigenvalue weighted by Crippen LogP contribution is 2.32. The molecule has 0 aromatic heterocycles. The zero-order chi connectivity index (χ0) is 19.3. The first-order valence-electron chi connectivity index (χ1n) is 10.6. The Hall–Kier alpha value is -1.40. The average molecular weight is 377 g/mol. The Morgan fingerprint density at radius 1 is 1.22 bits per heavy atom. The second-order valence-electron chi connectivity index (χ2n) is 8.64. The van der Waals surface area contributed by atoms with Crippen molar-refractivity contribution in [3.8, 4) is 0 Å². The van der Waals surface area contributed by atoms with Crippen LogP contribution in [0.15, 0.2) is 12.7 Å². The number of likely N-dealkylation sites (tertiary alicyclic amines) is 1. The Morgan fingerprint density at radius 2 is 2.00 bits per heavy atom. The van der Waals surface area contributed by atoms with Gasteiger partial charge in [-0.25, -0.2) is 0 Å². The summed E-state index contributed by atoms with van der Waals surface area (Å²) in [6, 6.07) is 0.371. The molecule has 2 heterocycles. The highest BCUT2D eigenvalue weighted by Gasteiger charge is 2.42. The lowest BCUT2D eigenvalue weighted by Crippen LogP contribution is -2.62. The van der Waals surface area contributed by atoms with Crippen LogP contribution in [0.4, 0.5) is 0 Å². The van der Waals surface area contributed by atoms with E-state index in [1.54, 1.807) is 0 Å². The quantitative estimate of drug-likeness (QED) is 0.741. The van der Waals surface area contributed by atoms with E-state index in [0.717, 1.165) is 51.9 Å². The van der Waals surface area contributed by atoms with Crippen molar-refractivity contribution >= 4 is 11.8 Å². The first kappa shape index (κ1) is 20.3. The van der Waals surface area contributed by atoms with Crippen molar-refractivity contribution in [3.05, 3.63) is 12.7 Å². The molecular weight excluding hydrogens is 340 g/mol. The third-order valence-electron chi connectivity index (χ3n) is 6.77. The fourth-order valence-corrected chi connectivity index (χ4v) is 4.98. The minimum absolute atomic E-state index is 0.00501. The van der Waals surface area contributed by atoms with E-state index in [-0.39, 0.29) is 17.4 Å².